The highest BCUT2D eigenvalue weighted by atomic mass is 32.2. The predicted octanol–water partition coefficient (Wildman–Crippen LogP) is 2.47. The van der Waals surface area contributed by atoms with Crippen LogP contribution in [0.25, 0.3) is 0 Å². The number of rotatable bonds is 4. The summed E-state index contributed by atoms with van der Waals surface area (Å²) >= 11 is 1.50. The highest BCUT2D eigenvalue weighted by Crippen LogP contribution is 2.20. The van der Waals surface area contributed by atoms with Crippen LogP contribution in [0.2, 0.25) is 0 Å². The van der Waals surface area contributed by atoms with Gasteiger partial charge in [0.05, 0.1) is 10.6 Å². The molecule has 2 rings (SSSR count). The molecule has 1 N–H and O–H groups in total. The minimum atomic E-state index is -0.932. The van der Waals surface area contributed by atoms with E-state index in [4.69, 9.17) is 5.11 Å². The number of carboxylic acids is 1. The van der Waals surface area contributed by atoms with Crippen molar-refractivity contribution in [2.24, 2.45) is 0 Å². The van der Waals surface area contributed by atoms with Gasteiger partial charge in [0.25, 0.3) is 0 Å². The van der Waals surface area contributed by atoms with E-state index in [2.05, 4.69) is 9.97 Å². The fourth-order valence-corrected chi connectivity index (χ4v) is 2.11. The average molecular weight is 246 g/mol. The summed E-state index contributed by atoms with van der Waals surface area (Å²) in [4.78, 5) is 18.8. The zero-order chi connectivity index (χ0) is 12.1. The van der Waals surface area contributed by atoms with Crippen LogP contribution in [-0.4, -0.2) is 21.0 Å². The van der Waals surface area contributed by atoms with Gasteiger partial charge in [0.2, 0.25) is 0 Å². The number of pyridine rings is 2. The van der Waals surface area contributed by atoms with Gasteiger partial charge in [-0.05, 0) is 29.8 Å². The average Bonchev–Trinajstić information content (AvgIpc) is 2.38. The second kappa shape index (κ2) is 5.45. The Kier molecular flexibility index (Phi) is 3.72. The van der Waals surface area contributed by atoms with E-state index < -0.39 is 5.97 Å². The number of carboxylic acid groups (broad SMARTS) is 1. The third-order valence-corrected chi connectivity index (χ3v) is 3.11. The Balaban J connectivity index is 2.04. The first-order valence-electron chi connectivity index (χ1n) is 4.97. The number of aromatic carboxylic acids is 1. The van der Waals surface area contributed by atoms with Crippen molar-refractivity contribution in [3.8, 4) is 0 Å². The molecule has 0 saturated heterocycles. The zero-order valence-corrected chi connectivity index (χ0v) is 9.72. The number of thioether (sulfide) groups is 1. The van der Waals surface area contributed by atoms with Gasteiger partial charge in [-0.25, -0.2) is 9.78 Å². The highest BCUT2D eigenvalue weighted by molar-refractivity contribution is 7.98. The lowest BCUT2D eigenvalue weighted by atomic mass is 10.3. The van der Waals surface area contributed by atoms with Gasteiger partial charge in [0, 0.05) is 24.3 Å². The van der Waals surface area contributed by atoms with Crippen molar-refractivity contribution in [3.63, 3.8) is 0 Å². The van der Waals surface area contributed by atoms with E-state index in [0.717, 1.165) is 11.3 Å². The minimum Gasteiger partial charge on any atom is -0.478 e. The third kappa shape index (κ3) is 3.29. The molecule has 0 amide bonds. The van der Waals surface area contributed by atoms with Gasteiger partial charge in [-0.3, -0.25) is 4.98 Å². The molecule has 5 heteroatoms. The highest BCUT2D eigenvalue weighted by Gasteiger charge is 2.04. The van der Waals surface area contributed by atoms with Gasteiger partial charge in [-0.2, -0.15) is 0 Å². The van der Waals surface area contributed by atoms with Crippen molar-refractivity contribution < 1.29 is 9.90 Å². The van der Waals surface area contributed by atoms with E-state index in [1.807, 2.05) is 12.1 Å². The molecule has 0 bridgehead atoms. The van der Waals surface area contributed by atoms with Crippen molar-refractivity contribution in [1.82, 2.24) is 9.97 Å². The van der Waals surface area contributed by atoms with Crippen molar-refractivity contribution in [2.45, 2.75) is 10.8 Å². The lowest BCUT2D eigenvalue weighted by Gasteiger charge is -2.01. The topological polar surface area (TPSA) is 63.1 Å². The van der Waals surface area contributed by atoms with Crippen LogP contribution in [-0.2, 0) is 5.75 Å². The number of nitrogens with zero attached hydrogens (tertiary/aromatic N) is 2. The second-order valence-electron chi connectivity index (χ2n) is 3.33. The molecule has 0 aliphatic carbocycles. The van der Waals surface area contributed by atoms with Crippen LogP contribution in [0.15, 0.2) is 47.9 Å². The first kappa shape index (κ1) is 11.6. The molecule has 0 aliphatic heterocycles. The first-order chi connectivity index (χ1) is 8.25. The summed E-state index contributed by atoms with van der Waals surface area (Å²) < 4.78 is 0. The molecule has 0 unspecified atom stereocenters. The summed E-state index contributed by atoms with van der Waals surface area (Å²) in [5, 5.41) is 9.56. The maximum absolute atomic E-state index is 10.8. The van der Waals surface area contributed by atoms with Gasteiger partial charge >= 0.3 is 5.97 Å². The lowest BCUT2D eigenvalue weighted by Crippen LogP contribution is -1.96. The van der Waals surface area contributed by atoms with Gasteiger partial charge in [-0.15, -0.1) is 11.8 Å². The Bertz CT molecular complexity index is 517. The number of hydrogen-bond donors (Lipinski definition) is 1. The smallest absolute Gasteiger partial charge is 0.335 e. The van der Waals surface area contributed by atoms with E-state index in [0.29, 0.717) is 5.03 Å². The van der Waals surface area contributed by atoms with E-state index in [9.17, 15) is 4.79 Å². The SMILES string of the molecule is O=C(O)c1ccnc(SCc2ccncc2)c1. The number of hydrogen-bond acceptors (Lipinski definition) is 4. The Morgan fingerprint density at radius 3 is 2.71 bits per heavy atom. The number of carbonyl (C=O) groups is 1. The van der Waals surface area contributed by atoms with Crippen LogP contribution in [0, 0.1) is 0 Å². The fraction of sp³-hybridized carbons (Fsp3) is 0.0833. The quantitative estimate of drug-likeness (QED) is 0.839. The van der Waals surface area contributed by atoms with E-state index in [1.165, 1.54) is 24.0 Å². The standard InChI is InChI=1S/C12H10N2O2S/c15-12(16)10-3-6-14-11(7-10)17-8-9-1-4-13-5-2-9/h1-7H,8H2,(H,15,16). The fourth-order valence-electron chi connectivity index (χ4n) is 1.26. The van der Waals surface area contributed by atoms with E-state index in [1.54, 1.807) is 18.5 Å². The molecule has 0 fully saturated rings. The molecular weight excluding hydrogens is 236 g/mol. The first-order valence-corrected chi connectivity index (χ1v) is 5.95. The Morgan fingerprint density at radius 1 is 1.24 bits per heavy atom. The Morgan fingerprint density at radius 2 is 2.00 bits per heavy atom. The van der Waals surface area contributed by atoms with Gasteiger partial charge in [-0.1, -0.05) is 0 Å². The molecule has 2 aromatic heterocycles. The van der Waals surface area contributed by atoms with Crippen LogP contribution >= 0.6 is 11.8 Å². The zero-order valence-electron chi connectivity index (χ0n) is 8.91. The van der Waals surface area contributed by atoms with Crippen molar-refractivity contribution >= 4 is 17.7 Å². The molecule has 0 radical (unpaired) electrons. The second-order valence-corrected chi connectivity index (χ2v) is 4.33. The predicted molar refractivity (Wildman–Crippen MR) is 65.0 cm³/mol. The van der Waals surface area contributed by atoms with E-state index >= 15 is 0 Å². The largest absolute Gasteiger partial charge is 0.478 e. The minimum absolute atomic E-state index is 0.261. The summed E-state index contributed by atoms with van der Waals surface area (Å²) in [6, 6.07) is 6.91. The molecule has 0 spiro atoms. The Hall–Kier alpha value is -1.88. The molecule has 0 atom stereocenters. The van der Waals surface area contributed by atoms with Crippen LogP contribution in [0.4, 0.5) is 0 Å². The van der Waals surface area contributed by atoms with Crippen LogP contribution in [0.5, 0.6) is 0 Å². The summed E-state index contributed by atoms with van der Waals surface area (Å²) in [5.41, 5.74) is 1.39. The monoisotopic (exact) mass is 246 g/mol. The summed E-state index contributed by atoms with van der Waals surface area (Å²) in [7, 11) is 0. The molecule has 4 nitrogen and oxygen atoms in total. The van der Waals surface area contributed by atoms with Crippen LogP contribution in [0.3, 0.4) is 0 Å². The van der Waals surface area contributed by atoms with E-state index in [-0.39, 0.29) is 5.56 Å². The van der Waals surface area contributed by atoms with Gasteiger partial charge < -0.3 is 5.11 Å². The van der Waals surface area contributed by atoms with Crippen molar-refractivity contribution in [2.75, 3.05) is 0 Å². The summed E-state index contributed by atoms with van der Waals surface area (Å²) in [6.45, 7) is 0. The molecule has 0 saturated carbocycles. The third-order valence-electron chi connectivity index (χ3n) is 2.12. The molecule has 2 heterocycles. The maximum Gasteiger partial charge on any atom is 0.335 e. The summed E-state index contributed by atoms with van der Waals surface area (Å²) in [6.07, 6.45) is 4.98. The lowest BCUT2D eigenvalue weighted by molar-refractivity contribution is 0.0696. The molecular formula is C12H10N2O2S. The molecule has 0 aromatic carbocycles. The van der Waals surface area contributed by atoms with Gasteiger partial charge in [0.1, 0.15) is 0 Å². The summed E-state index contributed by atoms with van der Waals surface area (Å²) in [5.74, 6) is -0.184. The van der Waals surface area contributed by atoms with Crippen LogP contribution < -0.4 is 0 Å². The van der Waals surface area contributed by atoms with Crippen molar-refractivity contribution in [3.05, 3.63) is 54.0 Å². The van der Waals surface area contributed by atoms with Crippen LogP contribution in [0.1, 0.15) is 15.9 Å². The Labute approximate surface area is 103 Å². The van der Waals surface area contributed by atoms with Crippen molar-refractivity contribution in [1.29, 1.82) is 0 Å². The molecule has 17 heavy (non-hydrogen) atoms. The number of aromatic nitrogens is 2. The normalized spacial score (nSPS) is 10.1. The molecule has 86 valence electrons. The van der Waals surface area contributed by atoms with Gasteiger partial charge in [0.15, 0.2) is 0 Å². The molecule has 2 aromatic rings. The molecule has 0 aliphatic rings. The maximum atomic E-state index is 10.8.